The van der Waals surface area contributed by atoms with Gasteiger partial charge in [0, 0.05) is 13.1 Å². The normalized spacial score (nSPS) is 24.5. The van der Waals surface area contributed by atoms with Gasteiger partial charge in [-0.3, -0.25) is 4.79 Å². The van der Waals surface area contributed by atoms with Crippen LogP contribution in [-0.2, 0) is 9.53 Å². The summed E-state index contributed by atoms with van der Waals surface area (Å²) < 4.78 is 5.24. The highest BCUT2D eigenvalue weighted by Crippen LogP contribution is 2.26. The first-order valence-electron chi connectivity index (χ1n) is 6.08. The fourth-order valence-corrected chi connectivity index (χ4v) is 2.01. The second-order valence-electron chi connectivity index (χ2n) is 5.56. The van der Waals surface area contributed by atoms with Crippen molar-refractivity contribution in [2.45, 2.75) is 32.8 Å². The summed E-state index contributed by atoms with van der Waals surface area (Å²) in [4.78, 5) is 24.5. The monoisotopic (exact) mass is 255 g/mol. The zero-order chi connectivity index (χ0) is 13.9. The Labute approximate surface area is 107 Å². The molecule has 2 atom stereocenters. The summed E-state index contributed by atoms with van der Waals surface area (Å²) >= 11 is 0. The minimum absolute atomic E-state index is 0.0822. The molecule has 1 amide bonds. The quantitative estimate of drug-likeness (QED) is 0.767. The largest absolute Gasteiger partial charge is 0.481 e. The number of hydrogen-bond acceptors (Lipinski definition) is 3. The van der Waals surface area contributed by atoms with Gasteiger partial charge in [-0.15, -0.1) is 6.58 Å². The highest BCUT2D eigenvalue weighted by molar-refractivity contribution is 5.74. The van der Waals surface area contributed by atoms with Crippen molar-refractivity contribution in [2.75, 3.05) is 13.1 Å². The average Bonchev–Trinajstić information content (AvgIpc) is 2.25. The van der Waals surface area contributed by atoms with E-state index in [1.54, 1.807) is 26.8 Å². The Morgan fingerprint density at radius 2 is 2.06 bits per heavy atom. The van der Waals surface area contributed by atoms with Crippen LogP contribution in [0.25, 0.3) is 0 Å². The molecule has 0 bridgehead atoms. The Morgan fingerprint density at radius 1 is 1.44 bits per heavy atom. The van der Waals surface area contributed by atoms with E-state index in [-0.39, 0.29) is 12.5 Å². The van der Waals surface area contributed by atoms with Crippen molar-refractivity contribution in [3.63, 3.8) is 0 Å². The summed E-state index contributed by atoms with van der Waals surface area (Å²) in [5, 5.41) is 9.15. The number of hydrogen-bond donors (Lipinski definition) is 1. The van der Waals surface area contributed by atoms with E-state index in [4.69, 9.17) is 9.84 Å². The Balaban J connectivity index is 2.68. The molecule has 0 aromatic rings. The zero-order valence-electron chi connectivity index (χ0n) is 11.2. The second kappa shape index (κ2) is 5.42. The average molecular weight is 255 g/mol. The minimum atomic E-state index is -0.895. The van der Waals surface area contributed by atoms with Crippen molar-refractivity contribution in [1.82, 2.24) is 4.90 Å². The molecule has 18 heavy (non-hydrogen) atoms. The number of carbonyl (C=O) groups is 2. The van der Waals surface area contributed by atoms with Gasteiger partial charge in [0.1, 0.15) is 5.60 Å². The Kier molecular flexibility index (Phi) is 4.38. The van der Waals surface area contributed by atoms with Crippen molar-refractivity contribution in [2.24, 2.45) is 11.8 Å². The fraction of sp³-hybridized carbons (Fsp3) is 0.692. The van der Waals surface area contributed by atoms with Gasteiger partial charge >= 0.3 is 12.1 Å². The highest BCUT2D eigenvalue weighted by Gasteiger charge is 2.35. The molecule has 1 heterocycles. The van der Waals surface area contributed by atoms with Gasteiger partial charge in [-0.25, -0.2) is 4.79 Å². The van der Waals surface area contributed by atoms with Crippen molar-refractivity contribution in [1.29, 1.82) is 0 Å². The summed E-state index contributed by atoms with van der Waals surface area (Å²) in [6, 6.07) is 0. The molecule has 0 aliphatic carbocycles. The summed E-state index contributed by atoms with van der Waals surface area (Å²) in [5.74, 6) is -1.57. The first-order valence-corrected chi connectivity index (χ1v) is 6.08. The number of rotatable bonds is 2. The molecule has 1 saturated heterocycles. The third-order valence-electron chi connectivity index (χ3n) is 2.94. The number of amides is 1. The molecule has 102 valence electrons. The van der Waals surface area contributed by atoms with Gasteiger partial charge in [-0.05, 0) is 33.1 Å². The molecule has 5 heteroatoms. The first-order chi connectivity index (χ1) is 8.24. The van der Waals surface area contributed by atoms with Crippen LogP contribution in [-0.4, -0.2) is 40.8 Å². The smallest absolute Gasteiger partial charge is 0.410 e. The predicted octanol–water partition coefficient (Wildman–Crippen LogP) is 2.13. The van der Waals surface area contributed by atoms with E-state index in [1.165, 1.54) is 4.90 Å². The van der Waals surface area contributed by atoms with Crippen molar-refractivity contribution >= 4 is 12.1 Å². The van der Waals surface area contributed by atoms with Crippen LogP contribution in [0, 0.1) is 11.8 Å². The van der Waals surface area contributed by atoms with E-state index in [9.17, 15) is 9.59 Å². The molecule has 1 N–H and O–H groups in total. The number of carboxylic acids is 1. The summed E-state index contributed by atoms with van der Waals surface area (Å²) in [6.07, 6.45) is 1.82. The van der Waals surface area contributed by atoms with Crippen molar-refractivity contribution in [3.8, 4) is 0 Å². The lowest BCUT2D eigenvalue weighted by molar-refractivity contribution is -0.144. The number of allylic oxidation sites excluding steroid dienone is 1. The number of carbonyl (C=O) groups excluding carboxylic acids is 1. The fourth-order valence-electron chi connectivity index (χ4n) is 2.01. The summed E-state index contributed by atoms with van der Waals surface area (Å²) in [5.41, 5.74) is -0.564. The predicted molar refractivity (Wildman–Crippen MR) is 67.2 cm³/mol. The second-order valence-corrected chi connectivity index (χ2v) is 5.56. The van der Waals surface area contributed by atoms with Crippen LogP contribution in [0.2, 0.25) is 0 Å². The molecule has 5 nitrogen and oxygen atoms in total. The number of nitrogens with zero attached hydrogens (tertiary/aromatic N) is 1. The van der Waals surface area contributed by atoms with Gasteiger partial charge in [0.2, 0.25) is 0 Å². The molecule has 0 aromatic heterocycles. The molecule has 0 spiro atoms. The van der Waals surface area contributed by atoms with Crippen LogP contribution in [0.4, 0.5) is 4.79 Å². The van der Waals surface area contributed by atoms with E-state index >= 15 is 0 Å². The van der Waals surface area contributed by atoms with Gasteiger partial charge in [0.05, 0.1) is 5.92 Å². The maximum absolute atomic E-state index is 11.9. The molecule has 2 unspecified atom stereocenters. The van der Waals surface area contributed by atoms with E-state index < -0.39 is 23.6 Å². The van der Waals surface area contributed by atoms with Crippen molar-refractivity contribution in [3.05, 3.63) is 12.7 Å². The Bertz CT molecular complexity index is 345. The number of aliphatic carboxylic acids is 1. The zero-order valence-corrected chi connectivity index (χ0v) is 11.2. The Hall–Kier alpha value is -1.52. The molecule has 0 saturated carbocycles. The van der Waals surface area contributed by atoms with Gasteiger partial charge in [0.25, 0.3) is 0 Å². The van der Waals surface area contributed by atoms with Crippen LogP contribution < -0.4 is 0 Å². The molecule has 1 fully saturated rings. The maximum Gasteiger partial charge on any atom is 0.410 e. The topological polar surface area (TPSA) is 66.8 Å². The lowest BCUT2D eigenvalue weighted by atomic mass is 9.86. The van der Waals surface area contributed by atoms with Crippen LogP contribution in [0.5, 0.6) is 0 Å². The van der Waals surface area contributed by atoms with Crippen LogP contribution in [0.1, 0.15) is 27.2 Å². The van der Waals surface area contributed by atoms with Crippen molar-refractivity contribution < 1.29 is 19.4 Å². The number of piperidine rings is 1. The lowest BCUT2D eigenvalue weighted by Crippen LogP contribution is -2.47. The first kappa shape index (κ1) is 14.5. The molecule has 1 aliphatic rings. The molecule has 1 aliphatic heterocycles. The third-order valence-corrected chi connectivity index (χ3v) is 2.94. The summed E-state index contributed by atoms with van der Waals surface area (Å²) in [6.45, 7) is 9.70. The van der Waals surface area contributed by atoms with Gasteiger partial charge in [-0.1, -0.05) is 6.08 Å². The number of ether oxygens (including phenoxy) is 1. The molecular formula is C13H21NO4. The van der Waals surface area contributed by atoms with E-state index in [0.717, 1.165) is 0 Å². The standard InChI is InChI=1S/C13H21NO4/c1-5-9-6-7-14(8-10(9)11(15)16)12(17)18-13(2,3)4/h5,9-10H,1,6-8H2,2-4H3,(H,15,16). The van der Waals surface area contributed by atoms with Crippen LogP contribution >= 0.6 is 0 Å². The van der Waals surface area contributed by atoms with Crippen LogP contribution in [0.15, 0.2) is 12.7 Å². The molecular weight excluding hydrogens is 234 g/mol. The number of likely N-dealkylation sites (tertiary alicyclic amines) is 1. The number of carboxylic acid groups (broad SMARTS) is 1. The van der Waals surface area contributed by atoms with E-state index in [0.29, 0.717) is 13.0 Å². The molecule has 0 aromatic carbocycles. The minimum Gasteiger partial charge on any atom is -0.481 e. The maximum atomic E-state index is 11.9. The van der Waals surface area contributed by atoms with E-state index in [1.807, 2.05) is 0 Å². The van der Waals surface area contributed by atoms with Crippen LogP contribution in [0.3, 0.4) is 0 Å². The molecule has 0 radical (unpaired) electrons. The molecule has 1 rings (SSSR count). The van der Waals surface area contributed by atoms with Gasteiger partial charge < -0.3 is 14.7 Å². The van der Waals surface area contributed by atoms with E-state index in [2.05, 4.69) is 6.58 Å². The lowest BCUT2D eigenvalue weighted by Gasteiger charge is -2.36. The Morgan fingerprint density at radius 3 is 2.50 bits per heavy atom. The summed E-state index contributed by atoms with van der Waals surface area (Å²) in [7, 11) is 0. The van der Waals surface area contributed by atoms with Gasteiger partial charge in [0.15, 0.2) is 0 Å². The third kappa shape index (κ3) is 3.75. The van der Waals surface area contributed by atoms with Gasteiger partial charge in [-0.2, -0.15) is 0 Å². The SMILES string of the molecule is C=CC1CCN(C(=O)OC(C)(C)C)CC1C(=O)O. The highest BCUT2D eigenvalue weighted by atomic mass is 16.6.